The third-order valence-corrected chi connectivity index (χ3v) is 11.3. The van der Waals surface area contributed by atoms with Crippen molar-refractivity contribution >= 4 is 6.64 Å². The Kier molecular flexibility index (Phi) is 5.99. The molecule has 0 saturated heterocycles. The minimum absolute atomic E-state index is 0.493. The van der Waals surface area contributed by atoms with Crippen molar-refractivity contribution in [3.05, 3.63) is 53.6 Å². The molecule has 0 heterocycles. The molecule has 2 aromatic carbocycles. The van der Waals surface area contributed by atoms with E-state index in [9.17, 15) is 0 Å². The van der Waals surface area contributed by atoms with Gasteiger partial charge in [-0.2, -0.15) is 0 Å². The molecule has 3 heteroatoms. The molecule has 0 bridgehead atoms. The molecular formula is C19H26HfNO. The van der Waals surface area contributed by atoms with Crippen LogP contribution in [0.15, 0.2) is 42.5 Å². The molecule has 0 atom stereocenters. The first-order chi connectivity index (χ1) is 10.5. The summed E-state index contributed by atoms with van der Waals surface area (Å²) in [6, 6.07) is 15.1. The Balaban J connectivity index is 2.51. The van der Waals surface area contributed by atoms with Gasteiger partial charge in [0.1, 0.15) is 0 Å². The Morgan fingerprint density at radius 3 is 2.18 bits per heavy atom. The van der Waals surface area contributed by atoms with E-state index in [-0.39, 0.29) is 0 Å². The van der Waals surface area contributed by atoms with Crippen LogP contribution in [0.5, 0.6) is 5.75 Å². The van der Waals surface area contributed by atoms with E-state index in [1.807, 2.05) is 12.1 Å². The summed E-state index contributed by atoms with van der Waals surface area (Å²) < 4.78 is 15.0. The van der Waals surface area contributed by atoms with Gasteiger partial charge in [0.05, 0.1) is 0 Å². The van der Waals surface area contributed by atoms with Gasteiger partial charge in [0.15, 0.2) is 0 Å². The molecule has 0 spiro atoms. The number of methoxy groups -OCH3 is 1. The van der Waals surface area contributed by atoms with Crippen LogP contribution in [0.1, 0.15) is 50.7 Å². The number of nitrogens with two attached hydrogens (primary N) is 1. The van der Waals surface area contributed by atoms with Crippen LogP contribution in [-0.4, -0.2) is 7.11 Å². The predicted molar refractivity (Wildman–Crippen MR) is 91.1 cm³/mol. The van der Waals surface area contributed by atoms with Crippen molar-refractivity contribution in [2.45, 2.75) is 39.5 Å². The van der Waals surface area contributed by atoms with E-state index >= 15 is 0 Å². The standard InChI is InChI=1S/C12H17.C7H7O.Hf.H2N/c1-9(2)11-6-5-7-12(8-11)10(3)4;1-8-7-5-3-2-4-6-7;;/h5-6,8-10H,1-4H3;2-5H,1H3;;1H2/q;;+1;-1. The summed E-state index contributed by atoms with van der Waals surface area (Å²) in [5, 5.41) is 0. The molecule has 0 aliphatic heterocycles. The number of benzene rings is 2. The number of ether oxygens (including phenoxy) is 1. The number of hydrogen-bond acceptors (Lipinski definition) is 2. The van der Waals surface area contributed by atoms with E-state index in [0.717, 1.165) is 5.75 Å². The molecule has 0 aliphatic carbocycles. The molecule has 0 radical (unpaired) electrons. The Morgan fingerprint density at radius 1 is 0.909 bits per heavy atom. The second-order valence-electron chi connectivity index (χ2n) is 6.27. The van der Waals surface area contributed by atoms with Gasteiger partial charge in [0, 0.05) is 0 Å². The normalized spacial score (nSPS) is 11.1. The Bertz CT molecular complexity index is 637. The van der Waals surface area contributed by atoms with Crippen LogP contribution >= 0.6 is 0 Å². The first-order valence-electron chi connectivity index (χ1n) is 7.85. The SMILES string of the molecule is COc1cccc[c]1[Hf]([NH2])[c]1ccc(C(C)C)cc1C(C)C. The molecule has 2 aromatic rings. The molecule has 0 fully saturated rings. The zero-order chi connectivity index (χ0) is 16.3. The molecule has 0 aromatic heterocycles. The van der Waals surface area contributed by atoms with Gasteiger partial charge in [0.2, 0.25) is 0 Å². The van der Waals surface area contributed by atoms with Crippen molar-refractivity contribution < 1.29 is 26.5 Å². The van der Waals surface area contributed by atoms with Gasteiger partial charge in [-0.25, -0.2) is 0 Å². The second kappa shape index (κ2) is 7.56. The van der Waals surface area contributed by atoms with Crippen LogP contribution < -0.4 is 15.1 Å². The topological polar surface area (TPSA) is 35.2 Å². The fourth-order valence-corrected chi connectivity index (χ4v) is 9.69. The van der Waals surface area contributed by atoms with Crippen molar-refractivity contribution in [3.8, 4) is 5.75 Å². The van der Waals surface area contributed by atoms with Crippen molar-refractivity contribution in [3.63, 3.8) is 0 Å². The van der Waals surface area contributed by atoms with E-state index in [0.29, 0.717) is 11.8 Å². The number of rotatable bonds is 5. The quantitative estimate of drug-likeness (QED) is 0.691. The van der Waals surface area contributed by atoms with Gasteiger partial charge in [-0.1, -0.05) is 0 Å². The number of hydrogen-bond donors (Lipinski definition) is 1. The second-order valence-corrected chi connectivity index (χ2v) is 13.1. The third-order valence-electron chi connectivity index (χ3n) is 4.05. The molecular weight excluding hydrogens is 437 g/mol. The molecule has 0 saturated carbocycles. The summed E-state index contributed by atoms with van der Waals surface area (Å²) >= 11 is -2.59. The van der Waals surface area contributed by atoms with Crippen LogP contribution in [0, 0.1) is 0 Å². The molecule has 2 nitrogen and oxygen atoms in total. The van der Waals surface area contributed by atoms with E-state index in [2.05, 4.69) is 58.0 Å². The summed E-state index contributed by atoms with van der Waals surface area (Å²) in [7, 11) is 1.73. The Morgan fingerprint density at radius 2 is 1.59 bits per heavy atom. The Labute approximate surface area is 142 Å². The fraction of sp³-hybridized carbons (Fsp3) is 0.368. The summed E-state index contributed by atoms with van der Waals surface area (Å²) in [5.74, 6) is 1.98. The first kappa shape index (κ1) is 17.4. The van der Waals surface area contributed by atoms with Crippen LogP contribution in [0.25, 0.3) is 0 Å². The zero-order valence-corrected chi connectivity index (χ0v) is 17.8. The first-order valence-corrected chi connectivity index (χ1v) is 13.5. The van der Waals surface area contributed by atoms with Crippen LogP contribution in [0.3, 0.4) is 0 Å². The molecule has 117 valence electrons. The number of para-hydroxylation sites is 1. The summed E-state index contributed by atoms with van der Waals surface area (Å²) in [6.07, 6.45) is 0. The van der Waals surface area contributed by atoms with Gasteiger partial charge in [0.25, 0.3) is 0 Å². The minimum atomic E-state index is -2.59. The van der Waals surface area contributed by atoms with Crippen molar-refractivity contribution in [2.24, 2.45) is 3.72 Å². The van der Waals surface area contributed by atoms with E-state index in [1.54, 1.807) is 7.11 Å². The van der Waals surface area contributed by atoms with Crippen molar-refractivity contribution in [2.75, 3.05) is 7.11 Å². The maximum absolute atomic E-state index is 6.79. The predicted octanol–water partition coefficient (Wildman–Crippen LogP) is 3.38. The van der Waals surface area contributed by atoms with Gasteiger partial charge in [-0.05, 0) is 0 Å². The fourth-order valence-electron chi connectivity index (χ4n) is 2.68. The summed E-state index contributed by atoms with van der Waals surface area (Å²) in [5.41, 5.74) is 2.81. The maximum atomic E-state index is 6.79. The Hall–Kier alpha value is -0.930. The van der Waals surface area contributed by atoms with Crippen molar-refractivity contribution in [1.82, 2.24) is 0 Å². The van der Waals surface area contributed by atoms with E-state index < -0.39 is 21.7 Å². The molecule has 22 heavy (non-hydrogen) atoms. The third kappa shape index (κ3) is 3.69. The average molecular weight is 463 g/mol. The molecule has 2 N–H and O–H groups in total. The average Bonchev–Trinajstić information content (AvgIpc) is 2.53. The monoisotopic (exact) mass is 464 g/mol. The van der Waals surface area contributed by atoms with Crippen LogP contribution in [0.2, 0.25) is 0 Å². The van der Waals surface area contributed by atoms with Crippen molar-refractivity contribution in [1.29, 1.82) is 0 Å². The zero-order valence-electron chi connectivity index (χ0n) is 14.2. The summed E-state index contributed by atoms with van der Waals surface area (Å²) in [4.78, 5) is 0. The molecule has 0 aliphatic rings. The van der Waals surface area contributed by atoms with Gasteiger partial charge in [-0.3, -0.25) is 0 Å². The molecule has 2 rings (SSSR count). The summed E-state index contributed by atoms with van der Waals surface area (Å²) in [6.45, 7) is 8.99. The van der Waals surface area contributed by atoms with Crippen LogP contribution in [0.4, 0.5) is 0 Å². The van der Waals surface area contributed by atoms with E-state index in [4.69, 9.17) is 8.46 Å². The van der Waals surface area contributed by atoms with Crippen LogP contribution in [-0.2, 0) is 21.7 Å². The van der Waals surface area contributed by atoms with E-state index in [1.165, 1.54) is 17.8 Å². The van der Waals surface area contributed by atoms with Gasteiger partial charge >= 0.3 is 143 Å². The van der Waals surface area contributed by atoms with Gasteiger partial charge < -0.3 is 0 Å². The van der Waals surface area contributed by atoms with Gasteiger partial charge in [-0.15, -0.1) is 0 Å². The molecule has 0 amide bonds. The molecule has 0 unspecified atom stereocenters.